The van der Waals surface area contributed by atoms with Crippen LogP contribution in [0.4, 0.5) is 0 Å². The van der Waals surface area contributed by atoms with Crippen molar-refractivity contribution in [2.75, 3.05) is 6.54 Å². The number of aliphatic carboxylic acids is 1. The van der Waals surface area contributed by atoms with Gasteiger partial charge >= 0.3 is 5.97 Å². The van der Waals surface area contributed by atoms with Gasteiger partial charge in [-0.15, -0.1) is 0 Å². The van der Waals surface area contributed by atoms with E-state index in [0.717, 1.165) is 6.42 Å². The van der Waals surface area contributed by atoms with Gasteiger partial charge in [-0.3, -0.25) is 4.79 Å². The van der Waals surface area contributed by atoms with E-state index in [1.54, 1.807) is 0 Å². The average molecular weight is 158 g/mol. The van der Waals surface area contributed by atoms with Gasteiger partial charge in [-0.05, 0) is 18.8 Å². The molecule has 0 radical (unpaired) electrons. The van der Waals surface area contributed by atoms with E-state index in [1.165, 1.54) is 0 Å². The highest BCUT2D eigenvalue weighted by atomic mass is 16.4. The Morgan fingerprint density at radius 1 is 1.73 bits per heavy atom. The number of nitrogens with one attached hydrogen (secondary N) is 1. The minimum absolute atomic E-state index is 0.225. The molecule has 0 bridgehead atoms. The van der Waals surface area contributed by atoms with Gasteiger partial charge in [0, 0.05) is 6.42 Å². The topological polar surface area (TPSA) is 73.5 Å². The molecule has 0 rings (SSSR count). The van der Waals surface area contributed by atoms with Gasteiger partial charge < -0.3 is 5.11 Å². The van der Waals surface area contributed by atoms with Gasteiger partial charge in [-0.25, -0.2) is 5.53 Å². The number of nitrogens with zero attached hydrogens (tertiary/aromatic N) is 1. The Labute approximate surface area is 66.1 Å². The molecule has 1 atom stereocenters. The Morgan fingerprint density at radius 3 is 2.82 bits per heavy atom. The average Bonchev–Trinajstić information content (AvgIpc) is 1.87. The molecule has 0 saturated carbocycles. The fraction of sp³-hybridized carbons (Fsp3) is 0.857. The molecular formula is C7H14N2O2. The number of hydrogen-bond acceptors (Lipinski definition) is 3. The van der Waals surface area contributed by atoms with E-state index in [-0.39, 0.29) is 6.42 Å². The maximum absolute atomic E-state index is 10.1. The quantitative estimate of drug-likeness (QED) is 0.579. The second-order valence-corrected chi connectivity index (χ2v) is 2.73. The number of carbonyl (C=O) groups is 1. The third kappa shape index (κ3) is 6.96. The largest absolute Gasteiger partial charge is 0.481 e. The molecule has 0 heterocycles. The summed E-state index contributed by atoms with van der Waals surface area (Å²) < 4.78 is 0. The molecule has 0 amide bonds. The van der Waals surface area contributed by atoms with Crippen molar-refractivity contribution in [2.24, 2.45) is 11.0 Å². The van der Waals surface area contributed by atoms with Gasteiger partial charge in [0.25, 0.3) is 0 Å². The molecule has 1 unspecified atom stereocenters. The number of hydrogen-bond donors (Lipinski definition) is 2. The molecule has 0 aliphatic carbocycles. The third-order valence-electron chi connectivity index (χ3n) is 1.49. The molecule has 0 aromatic carbocycles. The van der Waals surface area contributed by atoms with Gasteiger partial charge in [0.1, 0.15) is 0 Å². The third-order valence-corrected chi connectivity index (χ3v) is 1.49. The van der Waals surface area contributed by atoms with Crippen molar-refractivity contribution < 1.29 is 9.90 Å². The normalized spacial score (nSPS) is 12.5. The summed E-state index contributed by atoms with van der Waals surface area (Å²) in [5, 5.41) is 11.5. The van der Waals surface area contributed by atoms with E-state index in [2.05, 4.69) is 5.11 Å². The Bertz CT molecular complexity index is 136. The standard InChI is InChI=1S/C7H14N2O2/c1-6(5-9-8)3-2-4-7(10)11/h6,8H,2-5H2,1H3,(H,10,11). The second-order valence-electron chi connectivity index (χ2n) is 2.73. The van der Waals surface area contributed by atoms with E-state index in [9.17, 15) is 4.79 Å². The van der Waals surface area contributed by atoms with Gasteiger partial charge in [0.2, 0.25) is 0 Å². The van der Waals surface area contributed by atoms with Crippen molar-refractivity contribution in [3.05, 3.63) is 0 Å². The van der Waals surface area contributed by atoms with Crippen LogP contribution in [0.3, 0.4) is 0 Å². The highest BCUT2D eigenvalue weighted by molar-refractivity contribution is 5.66. The highest BCUT2D eigenvalue weighted by Gasteiger charge is 2.02. The lowest BCUT2D eigenvalue weighted by Crippen LogP contribution is -2.01. The van der Waals surface area contributed by atoms with Crippen molar-refractivity contribution in [1.29, 1.82) is 5.53 Å². The Hall–Kier alpha value is -0.930. The summed E-state index contributed by atoms with van der Waals surface area (Å²) in [7, 11) is 0. The van der Waals surface area contributed by atoms with Crippen molar-refractivity contribution in [3.8, 4) is 0 Å². The molecule has 0 aromatic heterocycles. The summed E-state index contributed by atoms with van der Waals surface area (Å²) in [6.45, 7) is 2.49. The number of carboxylic acid groups (broad SMARTS) is 1. The van der Waals surface area contributed by atoms with E-state index >= 15 is 0 Å². The SMILES string of the molecule is CC(CCCC(=O)O)CN=N. The molecule has 0 aromatic rings. The Morgan fingerprint density at radius 2 is 2.36 bits per heavy atom. The number of rotatable bonds is 6. The van der Waals surface area contributed by atoms with Crippen LogP contribution in [0.5, 0.6) is 0 Å². The Balaban J connectivity index is 3.23. The van der Waals surface area contributed by atoms with Crippen LogP contribution in [-0.2, 0) is 4.79 Å². The lowest BCUT2D eigenvalue weighted by atomic mass is 10.0. The van der Waals surface area contributed by atoms with Crippen LogP contribution in [0.15, 0.2) is 5.11 Å². The zero-order valence-electron chi connectivity index (χ0n) is 6.71. The second kappa shape index (κ2) is 5.82. The molecule has 0 fully saturated rings. The van der Waals surface area contributed by atoms with E-state index < -0.39 is 5.97 Å². The first-order valence-corrected chi connectivity index (χ1v) is 3.71. The molecular weight excluding hydrogens is 144 g/mol. The first kappa shape index (κ1) is 10.1. The fourth-order valence-electron chi connectivity index (χ4n) is 0.849. The zero-order valence-corrected chi connectivity index (χ0v) is 6.71. The summed E-state index contributed by atoms with van der Waals surface area (Å²) in [4.78, 5) is 10.1. The lowest BCUT2D eigenvalue weighted by molar-refractivity contribution is -0.137. The molecule has 4 heteroatoms. The van der Waals surface area contributed by atoms with Crippen LogP contribution in [0.2, 0.25) is 0 Å². The van der Waals surface area contributed by atoms with Crippen LogP contribution < -0.4 is 0 Å². The van der Waals surface area contributed by atoms with Crippen molar-refractivity contribution in [2.45, 2.75) is 26.2 Å². The first-order valence-electron chi connectivity index (χ1n) is 3.71. The summed E-state index contributed by atoms with van der Waals surface area (Å²) in [6, 6.07) is 0. The predicted molar refractivity (Wildman–Crippen MR) is 40.7 cm³/mol. The van der Waals surface area contributed by atoms with Crippen molar-refractivity contribution in [1.82, 2.24) is 0 Å². The molecule has 0 aliphatic rings. The Kier molecular flexibility index (Phi) is 5.33. The van der Waals surface area contributed by atoms with Crippen molar-refractivity contribution >= 4 is 5.97 Å². The van der Waals surface area contributed by atoms with E-state index in [4.69, 9.17) is 10.6 Å². The van der Waals surface area contributed by atoms with E-state index in [0.29, 0.717) is 18.9 Å². The maximum Gasteiger partial charge on any atom is 0.303 e. The maximum atomic E-state index is 10.1. The zero-order chi connectivity index (χ0) is 8.69. The van der Waals surface area contributed by atoms with Crippen LogP contribution in [0, 0.1) is 11.4 Å². The molecule has 11 heavy (non-hydrogen) atoms. The van der Waals surface area contributed by atoms with Crippen molar-refractivity contribution in [3.63, 3.8) is 0 Å². The van der Waals surface area contributed by atoms with Gasteiger partial charge in [0.05, 0.1) is 6.54 Å². The molecule has 0 saturated heterocycles. The summed E-state index contributed by atoms with van der Waals surface area (Å²) >= 11 is 0. The smallest absolute Gasteiger partial charge is 0.303 e. The minimum atomic E-state index is -0.750. The summed E-state index contributed by atoms with van der Waals surface area (Å²) in [5.41, 5.74) is 6.56. The molecule has 2 N–H and O–H groups in total. The minimum Gasteiger partial charge on any atom is -0.481 e. The lowest BCUT2D eigenvalue weighted by Gasteiger charge is -2.04. The summed E-state index contributed by atoms with van der Waals surface area (Å²) in [6.07, 6.45) is 1.75. The molecule has 0 spiro atoms. The van der Waals surface area contributed by atoms with Crippen LogP contribution in [0.1, 0.15) is 26.2 Å². The van der Waals surface area contributed by atoms with Gasteiger partial charge in [-0.1, -0.05) is 6.92 Å². The monoisotopic (exact) mass is 158 g/mol. The van der Waals surface area contributed by atoms with Crippen LogP contribution >= 0.6 is 0 Å². The fourth-order valence-corrected chi connectivity index (χ4v) is 0.849. The molecule has 4 nitrogen and oxygen atoms in total. The highest BCUT2D eigenvalue weighted by Crippen LogP contribution is 2.07. The van der Waals surface area contributed by atoms with Crippen LogP contribution in [0.25, 0.3) is 0 Å². The summed E-state index contributed by atoms with van der Waals surface area (Å²) in [5.74, 6) is -0.410. The first-order chi connectivity index (χ1) is 5.16. The molecule has 0 aliphatic heterocycles. The number of carboxylic acids is 1. The van der Waals surface area contributed by atoms with Gasteiger partial charge in [-0.2, -0.15) is 5.11 Å². The van der Waals surface area contributed by atoms with Gasteiger partial charge in [0.15, 0.2) is 0 Å². The predicted octanol–water partition coefficient (Wildman–Crippen LogP) is 1.91. The molecule has 64 valence electrons. The van der Waals surface area contributed by atoms with Crippen LogP contribution in [-0.4, -0.2) is 17.6 Å². The van der Waals surface area contributed by atoms with E-state index in [1.807, 2.05) is 6.92 Å².